The lowest BCUT2D eigenvalue weighted by Crippen LogP contribution is -2.54. The third-order valence-electron chi connectivity index (χ3n) is 4.05. The molecular formula is C18H25N3O2. The molecule has 0 saturated carbocycles. The minimum Gasteiger partial charge on any atom is -0.444 e. The van der Waals surface area contributed by atoms with Gasteiger partial charge in [0.2, 0.25) is 0 Å². The summed E-state index contributed by atoms with van der Waals surface area (Å²) in [6, 6.07) is 8.55. The van der Waals surface area contributed by atoms with Gasteiger partial charge in [-0.3, -0.25) is 0 Å². The van der Waals surface area contributed by atoms with Crippen molar-refractivity contribution in [3.8, 4) is 0 Å². The van der Waals surface area contributed by atoms with Gasteiger partial charge in [-0.15, -0.1) is 0 Å². The smallest absolute Gasteiger partial charge is 0.410 e. The number of carbonyl (C=O) groups is 1. The van der Waals surface area contributed by atoms with E-state index in [0.717, 1.165) is 18.5 Å². The highest BCUT2D eigenvalue weighted by molar-refractivity contribution is 5.83. The maximum Gasteiger partial charge on any atom is 0.410 e. The topological polar surface area (TPSA) is 57.4 Å². The number of hydrogen-bond acceptors (Lipinski definition) is 3. The van der Waals surface area contributed by atoms with Crippen molar-refractivity contribution in [3.63, 3.8) is 0 Å². The molecule has 2 heterocycles. The Morgan fingerprint density at radius 3 is 2.91 bits per heavy atom. The molecule has 1 unspecified atom stereocenters. The van der Waals surface area contributed by atoms with E-state index in [-0.39, 0.29) is 12.1 Å². The van der Waals surface area contributed by atoms with Crippen molar-refractivity contribution >= 4 is 17.0 Å². The summed E-state index contributed by atoms with van der Waals surface area (Å²) in [4.78, 5) is 17.4. The van der Waals surface area contributed by atoms with Crippen molar-refractivity contribution in [1.82, 2.24) is 15.2 Å². The maximum absolute atomic E-state index is 12.2. The predicted molar refractivity (Wildman–Crippen MR) is 91.6 cm³/mol. The lowest BCUT2D eigenvalue weighted by molar-refractivity contribution is 0.0195. The Morgan fingerprint density at radius 2 is 2.13 bits per heavy atom. The van der Waals surface area contributed by atoms with Gasteiger partial charge in [-0.1, -0.05) is 18.2 Å². The highest BCUT2D eigenvalue weighted by Gasteiger charge is 2.27. The van der Waals surface area contributed by atoms with Gasteiger partial charge in [-0.05, 0) is 38.8 Å². The van der Waals surface area contributed by atoms with Gasteiger partial charge in [0.15, 0.2) is 0 Å². The first kappa shape index (κ1) is 15.9. The van der Waals surface area contributed by atoms with Crippen molar-refractivity contribution in [2.75, 3.05) is 19.6 Å². The van der Waals surface area contributed by atoms with Crippen LogP contribution < -0.4 is 5.32 Å². The first-order valence-electron chi connectivity index (χ1n) is 8.19. The zero-order valence-corrected chi connectivity index (χ0v) is 14.1. The van der Waals surface area contributed by atoms with E-state index in [1.807, 2.05) is 26.8 Å². The van der Waals surface area contributed by atoms with Gasteiger partial charge in [-0.25, -0.2) is 4.79 Å². The minimum absolute atomic E-state index is 0.220. The standard InChI is InChI=1S/C18H25N3O2/c1-18(2,3)23-17(22)21-9-8-19-14(12-21)10-13-11-20-16-7-5-4-6-15(13)16/h4-7,11,14,19-20H,8-10,12H2,1-3H3. The Morgan fingerprint density at radius 1 is 1.35 bits per heavy atom. The molecule has 124 valence electrons. The van der Waals surface area contributed by atoms with E-state index in [9.17, 15) is 4.79 Å². The Kier molecular flexibility index (Phi) is 4.31. The van der Waals surface area contributed by atoms with Crippen LogP contribution in [-0.2, 0) is 11.2 Å². The summed E-state index contributed by atoms with van der Waals surface area (Å²) in [5, 5.41) is 4.76. The van der Waals surface area contributed by atoms with E-state index < -0.39 is 5.60 Å². The number of benzene rings is 1. The number of piperazine rings is 1. The summed E-state index contributed by atoms with van der Waals surface area (Å²) in [5.41, 5.74) is 1.99. The second kappa shape index (κ2) is 6.24. The molecule has 1 fully saturated rings. The number of nitrogens with one attached hydrogen (secondary N) is 2. The molecule has 1 aliphatic heterocycles. The van der Waals surface area contributed by atoms with Crippen LogP contribution in [0.1, 0.15) is 26.3 Å². The van der Waals surface area contributed by atoms with Gasteiger partial charge in [0.25, 0.3) is 0 Å². The number of para-hydroxylation sites is 1. The lowest BCUT2D eigenvalue weighted by atomic mass is 10.0. The summed E-state index contributed by atoms with van der Waals surface area (Å²) < 4.78 is 5.48. The largest absolute Gasteiger partial charge is 0.444 e. The minimum atomic E-state index is -0.450. The number of ether oxygens (including phenoxy) is 1. The predicted octanol–water partition coefficient (Wildman–Crippen LogP) is 2.92. The van der Waals surface area contributed by atoms with Gasteiger partial charge in [0.05, 0.1) is 0 Å². The van der Waals surface area contributed by atoms with Gasteiger partial charge >= 0.3 is 6.09 Å². The highest BCUT2D eigenvalue weighted by Crippen LogP contribution is 2.20. The molecule has 2 N–H and O–H groups in total. The van der Waals surface area contributed by atoms with Crippen LogP contribution in [0.25, 0.3) is 10.9 Å². The number of nitrogens with zero attached hydrogens (tertiary/aromatic N) is 1. The SMILES string of the molecule is CC(C)(C)OC(=O)N1CCNC(Cc2c[nH]c3ccccc23)C1. The number of carbonyl (C=O) groups excluding carboxylic acids is 1. The molecule has 0 aliphatic carbocycles. The monoisotopic (exact) mass is 315 g/mol. The molecule has 5 heteroatoms. The van der Waals surface area contributed by atoms with Crippen LogP contribution >= 0.6 is 0 Å². The number of fused-ring (bicyclic) bond motifs is 1. The lowest BCUT2D eigenvalue weighted by Gasteiger charge is -2.34. The zero-order chi connectivity index (χ0) is 16.4. The molecule has 0 radical (unpaired) electrons. The number of aromatic nitrogens is 1. The van der Waals surface area contributed by atoms with E-state index in [1.165, 1.54) is 10.9 Å². The molecule has 0 bridgehead atoms. The Bertz CT molecular complexity index is 687. The van der Waals surface area contributed by atoms with Crippen LogP contribution in [0.5, 0.6) is 0 Å². The molecule has 2 aromatic rings. The highest BCUT2D eigenvalue weighted by atomic mass is 16.6. The zero-order valence-electron chi connectivity index (χ0n) is 14.1. The number of aromatic amines is 1. The van der Waals surface area contributed by atoms with Crippen molar-refractivity contribution in [2.24, 2.45) is 0 Å². The van der Waals surface area contributed by atoms with E-state index in [0.29, 0.717) is 13.1 Å². The summed E-state index contributed by atoms with van der Waals surface area (Å²) in [6.45, 7) is 7.86. The molecule has 1 aliphatic rings. The number of H-pyrrole nitrogens is 1. The number of rotatable bonds is 2. The van der Waals surface area contributed by atoms with Crippen LogP contribution in [0.15, 0.2) is 30.5 Å². The summed E-state index contributed by atoms with van der Waals surface area (Å²) >= 11 is 0. The molecule has 1 amide bonds. The van der Waals surface area contributed by atoms with Crippen LogP contribution in [0.2, 0.25) is 0 Å². The van der Waals surface area contributed by atoms with E-state index in [1.54, 1.807) is 4.90 Å². The average Bonchev–Trinajstić information content (AvgIpc) is 2.89. The fourth-order valence-corrected chi connectivity index (χ4v) is 3.02. The van der Waals surface area contributed by atoms with Crippen LogP contribution in [0, 0.1) is 0 Å². The number of hydrogen-bond donors (Lipinski definition) is 2. The molecule has 1 atom stereocenters. The van der Waals surface area contributed by atoms with Crippen molar-refractivity contribution in [2.45, 2.75) is 38.8 Å². The van der Waals surface area contributed by atoms with E-state index >= 15 is 0 Å². The van der Waals surface area contributed by atoms with Crippen LogP contribution in [0.4, 0.5) is 4.79 Å². The summed E-state index contributed by atoms with van der Waals surface area (Å²) in [5.74, 6) is 0. The molecular weight excluding hydrogens is 290 g/mol. The molecule has 1 saturated heterocycles. The fourth-order valence-electron chi connectivity index (χ4n) is 3.02. The molecule has 23 heavy (non-hydrogen) atoms. The molecule has 5 nitrogen and oxygen atoms in total. The first-order chi connectivity index (χ1) is 10.9. The second-order valence-electron chi connectivity index (χ2n) is 7.14. The van der Waals surface area contributed by atoms with Crippen LogP contribution in [-0.4, -0.2) is 47.3 Å². The number of amides is 1. The maximum atomic E-state index is 12.2. The normalized spacial score (nSPS) is 19.1. The second-order valence-corrected chi connectivity index (χ2v) is 7.14. The summed E-state index contributed by atoms with van der Waals surface area (Å²) in [7, 11) is 0. The Labute approximate surface area is 137 Å². The van der Waals surface area contributed by atoms with Gasteiger partial charge in [-0.2, -0.15) is 0 Å². The van der Waals surface area contributed by atoms with Crippen LogP contribution in [0.3, 0.4) is 0 Å². The first-order valence-corrected chi connectivity index (χ1v) is 8.19. The third kappa shape index (κ3) is 3.85. The van der Waals surface area contributed by atoms with Crippen molar-refractivity contribution in [1.29, 1.82) is 0 Å². The molecule has 1 aromatic carbocycles. The van der Waals surface area contributed by atoms with E-state index in [4.69, 9.17) is 4.74 Å². The molecule has 0 spiro atoms. The van der Waals surface area contributed by atoms with Gasteiger partial charge in [0, 0.05) is 42.8 Å². The van der Waals surface area contributed by atoms with Gasteiger partial charge < -0.3 is 19.9 Å². The fraction of sp³-hybridized carbons (Fsp3) is 0.500. The molecule has 1 aromatic heterocycles. The summed E-state index contributed by atoms with van der Waals surface area (Å²) in [6.07, 6.45) is 2.74. The average molecular weight is 315 g/mol. The molecule has 3 rings (SSSR count). The third-order valence-corrected chi connectivity index (χ3v) is 4.05. The Hall–Kier alpha value is -2.01. The van der Waals surface area contributed by atoms with Crippen molar-refractivity contribution in [3.05, 3.63) is 36.0 Å². The van der Waals surface area contributed by atoms with Crippen molar-refractivity contribution < 1.29 is 9.53 Å². The van der Waals surface area contributed by atoms with Gasteiger partial charge in [0.1, 0.15) is 5.60 Å². The van der Waals surface area contributed by atoms with E-state index in [2.05, 4.69) is 34.7 Å². The quantitative estimate of drug-likeness (QED) is 0.896. The Balaban J connectivity index is 1.66.